The van der Waals surface area contributed by atoms with Crippen molar-refractivity contribution in [2.45, 2.75) is 46.0 Å². The summed E-state index contributed by atoms with van der Waals surface area (Å²) >= 11 is 0. The molecule has 0 aromatic heterocycles. The number of piperidine rings is 1. The molecule has 0 unspecified atom stereocenters. The number of rotatable bonds is 5. The molecule has 0 N–H and O–H groups in total. The summed E-state index contributed by atoms with van der Waals surface area (Å²) in [7, 11) is 0. The first-order valence-electron chi connectivity index (χ1n) is 8.54. The smallest absolute Gasteiger partial charge is 0.309 e. The molecule has 0 spiro atoms. The van der Waals surface area contributed by atoms with Crippen molar-refractivity contribution in [3.8, 4) is 0 Å². The fourth-order valence-corrected chi connectivity index (χ4v) is 2.93. The zero-order chi connectivity index (χ0) is 16.8. The zero-order valence-corrected chi connectivity index (χ0v) is 14.4. The van der Waals surface area contributed by atoms with Crippen LogP contribution in [0.15, 0.2) is 24.3 Å². The van der Waals surface area contributed by atoms with E-state index in [0.717, 1.165) is 5.56 Å². The van der Waals surface area contributed by atoms with E-state index in [1.807, 2.05) is 24.0 Å². The van der Waals surface area contributed by atoms with Gasteiger partial charge in [0.1, 0.15) is 0 Å². The predicted octanol–water partition coefficient (Wildman–Crippen LogP) is 3.15. The number of carbonyl (C=O) groups is 2. The Morgan fingerprint density at radius 2 is 1.78 bits per heavy atom. The van der Waals surface area contributed by atoms with E-state index in [4.69, 9.17) is 4.74 Å². The van der Waals surface area contributed by atoms with E-state index >= 15 is 0 Å². The van der Waals surface area contributed by atoms with E-state index in [1.165, 1.54) is 5.56 Å². The number of hydrogen-bond donors (Lipinski definition) is 0. The molecule has 1 aromatic carbocycles. The van der Waals surface area contributed by atoms with Crippen molar-refractivity contribution in [3.63, 3.8) is 0 Å². The first-order valence-corrected chi connectivity index (χ1v) is 8.54. The minimum atomic E-state index is -0.121. The summed E-state index contributed by atoms with van der Waals surface area (Å²) in [4.78, 5) is 26.0. The van der Waals surface area contributed by atoms with Gasteiger partial charge in [-0.25, -0.2) is 0 Å². The molecule has 0 aliphatic carbocycles. The predicted molar refractivity (Wildman–Crippen MR) is 90.2 cm³/mol. The third-order valence-corrected chi connectivity index (χ3v) is 4.47. The van der Waals surface area contributed by atoms with Gasteiger partial charge in [-0.15, -0.1) is 0 Å². The van der Waals surface area contributed by atoms with E-state index in [9.17, 15) is 9.59 Å². The number of benzene rings is 1. The number of esters is 1. The lowest BCUT2D eigenvalue weighted by atomic mass is 9.96. The number of carbonyl (C=O) groups excluding carboxylic acids is 2. The largest absolute Gasteiger partial charge is 0.466 e. The number of likely N-dealkylation sites (tertiary alicyclic amines) is 1. The van der Waals surface area contributed by atoms with E-state index in [2.05, 4.69) is 26.0 Å². The molecule has 23 heavy (non-hydrogen) atoms. The molecule has 1 aliphatic rings. The first kappa shape index (κ1) is 17.5. The Labute approximate surface area is 138 Å². The van der Waals surface area contributed by atoms with Crippen LogP contribution in [-0.2, 0) is 20.7 Å². The highest BCUT2D eigenvalue weighted by molar-refractivity contribution is 5.79. The summed E-state index contributed by atoms with van der Waals surface area (Å²) in [6, 6.07) is 8.28. The minimum absolute atomic E-state index is 0.0516. The number of hydrogen-bond acceptors (Lipinski definition) is 3. The molecule has 1 amide bonds. The second kappa shape index (κ2) is 8.14. The van der Waals surface area contributed by atoms with Crippen molar-refractivity contribution < 1.29 is 14.3 Å². The summed E-state index contributed by atoms with van der Waals surface area (Å²) in [6.07, 6.45) is 1.84. The molecule has 1 aliphatic heterocycles. The maximum absolute atomic E-state index is 12.4. The van der Waals surface area contributed by atoms with Gasteiger partial charge in [-0.05, 0) is 36.8 Å². The van der Waals surface area contributed by atoms with Crippen LogP contribution in [0.2, 0.25) is 0 Å². The van der Waals surface area contributed by atoms with Crippen LogP contribution >= 0.6 is 0 Å². The van der Waals surface area contributed by atoms with Gasteiger partial charge in [0.25, 0.3) is 0 Å². The first-order chi connectivity index (χ1) is 11.0. The normalized spacial score (nSPS) is 15.7. The van der Waals surface area contributed by atoms with E-state index in [1.54, 1.807) is 0 Å². The minimum Gasteiger partial charge on any atom is -0.466 e. The average Bonchev–Trinajstić information content (AvgIpc) is 2.55. The standard InChI is InChI=1S/C19H27NO3/c1-4-23-19(22)17-9-11-20(12-10-17)18(21)13-15-5-7-16(8-6-15)14(2)3/h5-8,14,17H,4,9-13H2,1-3H3. The second-order valence-corrected chi connectivity index (χ2v) is 6.48. The Morgan fingerprint density at radius 1 is 1.17 bits per heavy atom. The molecule has 1 heterocycles. The molecule has 0 atom stereocenters. The summed E-state index contributed by atoms with van der Waals surface area (Å²) < 4.78 is 5.06. The quantitative estimate of drug-likeness (QED) is 0.784. The van der Waals surface area contributed by atoms with Gasteiger partial charge in [0, 0.05) is 13.1 Å². The van der Waals surface area contributed by atoms with Gasteiger partial charge in [-0.1, -0.05) is 38.1 Å². The Morgan fingerprint density at radius 3 is 2.30 bits per heavy atom. The zero-order valence-electron chi connectivity index (χ0n) is 14.4. The van der Waals surface area contributed by atoms with E-state index in [-0.39, 0.29) is 17.8 Å². The second-order valence-electron chi connectivity index (χ2n) is 6.48. The molecular formula is C19H27NO3. The van der Waals surface area contributed by atoms with E-state index < -0.39 is 0 Å². The van der Waals surface area contributed by atoms with Crippen LogP contribution in [-0.4, -0.2) is 36.5 Å². The molecule has 126 valence electrons. The lowest BCUT2D eigenvalue weighted by Crippen LogP contribution is -2.41. The van der Waals surface area contributed by atoms with Crippen molar-refractivity contribution in [3.05, 3.63) is 35.4 Å². The maximum atomic E-state index is 12.4. The van der Waals surface area contributed by atoms with Gasteiger partial charge < -0.3 is 9.64 Å². The topological polar surface area (TPSA) is 46.6 Å². The average molecular weight is 317 g/mol. The molecule has 0 saturated carbocycles. The lowest BCUT2D eigenvalue weighted by molar-refractivity contribution is -0.151. The van der Waals surface area contributed by atoms with Crippen LogP contribution in [0, 0.1) is 5.92 Å². The molecule has 0 bridgehead atoms. The van der Waals surface area contributed by atoms with Gasteiger partial charge in [-0.3, -0.25) is 9.59 Å². The monoisotopic (exact) mass is 317 g/mol. The van der Waals surface area contributed by atoms with Crippen LogP contribution in [0.1, 0.15) is 50.7 Å². The highest BCUT2D eigenvalue weighted by Gasteiger charge is 2.28. The van der Waals surface area contributed by atoms with Crippen molar-refractivity contribution in [1.29, 1.82) is 0 Å². The Kier molecular flexibility index (Phi) is 6.20. The number of amides is 1. The molecule has 1 saturated heterocycles. The van der Waals surface area contributed by atoms with Crippen molar-refractivity contribution in [1.82, 2.24) is 4.90 Å². The highest BCUT2D eigenvalue weighted by atomic mass is 16.5. The Bertz CT molecular complexity index is 528. The van der Waals surface area contributed by atoms with Gasteiger partial charge in [0.05, 0.1) is 18.9 Å². The van der Waals surface area contributed by atoms with Gasteiger partial charge in [-0.2, -0.15) is 0 Å². The maximum Gasteiger partial charge on any atom is 0.309 e. The summed E-state index contributed by atoms with van der Waals surface area (Å²) in [5.74, 6) is 0.472. The molecule has 1 fully saturated rings. The summed E-state index contributed by atoms with van der Waals surface area (Å²) in [5, 5.41) is 0. The summed E-state index contributed by atoms with van der Waals surface area (Å²) in [5.41, 5.74) is 2.34. The third-order valence-electron chi connectivity index (χ3n) is 4.47. The van der Waals surface area contributed by atoms with Gasteiger partial charge in [0.2, 0.25) is 5.91 Å². The van der Waals surface area contributed by atoms with E-state index in [0.29, 0.717) is 44.9 Å². The van der Waals surface area contributed by atoms with Crippen molar-refractivity contribution in [2.24, 2.45) is 5.92 Å². The summed E-state index contributed by atoms with van der Waals surface area (Å²) in [6.45, 7) is 7.85. The van der Waals surface area contributed by atoms with Crippen LogP contribution in [0.4, 0.5) is 0 Å². The van der Waals surface area contributed by atoms with Crippen LogP contribution in [0.25, 0.3) is 0 Å². The molecule has 4 nitrogen and oxygen atoms in total. The Hall–Kier alpha value is -1.84. The molecule has 0 radical (unpaired) electrons. The number of ether oxygens (including phenoxy) is 1. The highest BCUT2D eigenvalue weighted by Crippen LogP contribution is 2.20. The molecular weight excluding hydrogens is 290 g/mol. The van der Waals surface area contributed by atoms with Gasteiger partial charge in [0.15, 0.2) is 0 Å². The van der Waals surface area contributed by atoms with Crippen LogP contribution < -0.4 is 0 Å². The van der Waals surface area contributed by atoms with Crippen LogP contribution in [0.5, 0.6) is 0 Å². The Balaban J connectivity index is 1.84. The fraction of sp³-hybridized carbons (Fsp3) is 0.579. The van der Waals surface area contributed by atoms with Crippen LogP contribution in [0.3, 0.4) is 0 Å². The molecule has 1 aromatic rings. The molecule has 4 heteroatoms. The molecule has 2 rings (SSSR count). The van der Waals surface area contributed by atoms with Crippen molar-refractivity contribution in [2.75, 3.05) is 19.7 Å². The lowest BCUT2D eigenvalue weighted by Gasteiger charge is -2.31. The third kappa shape index (κ3) is 4.81. The van der Waals surface area contributed by atoms with Gasteiger partial charge >= 0.3 is 5.97 Å². The number of nitrogens with zero attached hydrogens (tertiary/aromatic N) is 1. The fourth-order valence-electron chi connectivity index (χ4n) is 2.93. The SMILES string of the molecule is CCOC(=O)C1CCN(C(=O)Cc2ccc(C(C)C)cc2)CC1. The van der Waals surface area contributed by atoms with Crippen molar-refractivity contribution >= 4 is 11.9 Å².